The highest BCUT2D eigenvalue weighted by molar-refractivity contribution is 8.00. The van der Waals surface area contributed by atoms with Gasteiger partial charge >= 0.3 is 0 Å². The molecule has 140 valence electrons. The number of carbonyl (C=O) groups excluding carboxylic acids is 1. The number of anilines is 1. The summed E-state index contributed by atoms with van der Waals surface area (Å²) in [6.45, 7) is 1.72. The number of fused-ring (bicyclic) bond motifs is 1. The van der Waals surface area contributed by atoms with Crippen LogP contribution in [0.15, 0.2) is 64.3 Å². The lowest BCUT2D eigenvalue weighted by molar-refractivity contribution is -0.113. The molecule has 0 unspecified atom stereocenters. The summed E-state index contributed by atoms with van der Waals surface area (Å²) in [5, 5.41) is 11.7. The molecule has 0 aliphatic heterocycles. The number of aryl methyl sites for hydroxylation is 1. The fourth-order valence-electron chi connectivity index (χ4n) is 2.71. The predicted octanol–water partition coefficient (Wildman–Crippen LogP) is 3.64. The van der Waals surface area contributed by atoms with Gasteiger partial charge < -0.3 is 5.32 Å². The lowest BCUT2D eigenvalue weighted by atomic mass is 10.1. The smallest absolute Gasteiger partial charge is 0.236 e. The molecule has 0 atom stereocenters. The molecular weight excluding hydrogens is 374 g/mol. The highest BCUT2D eigenvalue weighted by atomic mass is 32.2. The Hall–Kier alpha value is -3.26. The van der Waals surface area contributed by atoms with E-state index in [0.29, 0.717) is 17.9 Å². The SMILES string of the molecule is Cc1nonc1NC(=O)CSc1nc(Cc2ccccc2)nc2ccccc12. The van der Waals surface area contributed by atoms with Crippen molar-refractivity contribution >= 4 is 34.4 Å². The van der Waals surface area contributed by atoms with Crippen molar-refractivity contribution in [3.8, 4) is 0 Å². The first-order chi connectivity index (χ1) is 13.7. The number of benzene rings is 2. The number of hydrogen-bond donors (Lipinski definition) is 1. The summed E-state index contributed by atoms with van der Waals surface area (Å²) in [5.41, 5.74) is 2.54. The fourth-order valence-corrected chi connectivity index (χ4v) is 3.55. The van der Waals surface area contributed by atoms with Crippen molar-refractivity contribution in [2.75, 3.05) is 11.1 Å². The summed E-state index contributed by atoms with van der Waals surface area (Å²) >= 11 is 1.37. The van der Waals surface area contributed by atoms with Crippen molar-refractivity contribution in [1.29, 1.82) is 0 Å². The molecule has 2 aromatic heterocycles. The number of rotatable bonds is 6. The standard InChI is InChI=1S/C20H17N5O2S/c1-13-19(25-27-24-13)23-18(26)12-28-20-15-9-5-6-10-16(15)21-17(22-20)11-14-7-3-2-4-8-14/h2-10H,11-12H2,1H3,(H,23,25,26). The van der Waals surface area contributed by atoms with E-state index in [2.05, 4.69) is 25.2 Å². The van der Waals surface area contributed by atoms with Crippen LogP contribution in [0.5, 0.6) is 0 Å². The topological polar surface area (TPSA) is 93.8 Å². The molecule has 4 rings (SSSR count). The Kier molecular flexibility index (Phi) is 5.29. The van der Waals surface area contributed by atoms with Crippen LogP contribution < -0.4 is 5.32 Å². The van der Waals surface area contributed by atoms with Crippen LogP contribution in [0.2, 0.25) is 0 Å². The molecule has 4 aromatic rings. The van der Waals surface area contributed by atoms with Gasteiger partial charge in [0.1, 0.15) is 16.5 Å². The van der Waals surface area contributed by atoms with E-state index in [0.717, 1.165) is 27.3 Å². The lowest BCUT2D eigenvalue weighted by Crippen LogP contribution is -2.15. The maximum absolute atomic E-state index is 12.3. The predicted molar refractivity (Wildman–Crippen MR) is 107 cm³/mol. The summed E-state index contributed by atoms with van der Waals surface area (Å²) in [7, 11) is 0. The van der Waals surface area contributed by atoms with Crippen LogP contribution in [-0.2, 0) is 11.2 Å². The Balaban J connectivity index is 1.55. The van der Waals surface area contributed by atoms with Crippen molar-refractivity contribution < 1.29 is 9.42 Å². The van der Waals surface area contributed by atoms with Gasteiger partial charge in [-0.3, -0.25) is 4.79 Å². The number of nitrogens with zero attached hydrogens (tertiary/aromatic N) is 4. The molecular formula is C20H17N5O2S. The summed E-state index contributed by atoms with van der Waals surface area (Å²) in [5.74, 6) is 1.06. The van der Waals surface area contributed by atoms with Gasteiger partial charge in [-0.25, -0.2) is 14.6 Å². The molecule has 0 aliphatic rings. The van der Waals surface area contributed by atoms with E-state index in [4.69, 9.17) is 4.98 Å². The second-order valence-electron chi connectivity index (χ2n) is 6.16. The third-order valence-corrected chi connectivity index (χ3v) is 5.06. The maximum Gasteiger partial charge on any atom is 0.236 e. The molecule has 0 spiro atoms. The Morgan fingerprint density at radius 2 is 1.82 bits per heavy atom. The van der Waals surface area contributed by atoms with Crippen molar-refractivity contribution in [3.63, 3.8) is 0 Å². The van der Waals surface area contributed by atoms with Gasteiger partial charge in [0.05, 0.1) is 11.3 Å². The van der Waals surface area contributed by atoms with Crippen molar-refractivity contribution in [1.82, 2.24) is 20.3 Å². The number of nitrogens with one attached hydrogen (secondary N) is 1. The highest BCUT2D eigenvalue weighted by Crippen LogP contribution is 2.26. The summed E-state index contributed by atoms with van der Waals surface area (Å²) < 4.78 is 4.60. The second kappa shape index (κ2) is 8.18. The molecule has 0 saturated carbocycles. The minimum atomic E-state index is -0.198. The average molecular weight is 391 g/mol. The van der Waals surface area contributed by atoms with E-state index in [1.807, 2.05) is 54.6 Å². The van der Waals surface area contributed by atoms with E-state index in [9.17, 15) is 4.79 Å². The largest absolute Gasteiger partial charge is 0.306 e. The van der Waals surface area contributed by atoms with Crippen LogP contribution in [0, 0.1) is 6.92 Å². The quantitative estimate of drug-likeness (QED) is 0.396. The normalized spacial score (nSPS) is 10.9. The number of para-hydroxylation sites is 1. The van der Waals surface area contributed by atoms with Gasteiger partial charge in [-0.1, -0.05) is 65.4 Å². The zero-order valence-electron chi connectivity index (χ0n) is 15.1. The first-order valence-corrected chi connectivity index (χ1v) is 9.69. The van der Waals surface area contributed by atoms with E-state index in [-0.39, 0.29) is 11.7 Å². The van der Waals surface area contributed by atoms with Crippen LogP contribution in [-0.4, -0.2) is 31.9 Å². The molecule has 8 heteroatoms. The van der Waals surface area contributed by atoms with E-state index in [1.54, 1.807) is 6.92 Å². The van der Waals surface area contributed by atoms with E-state index in [1.165, 1.54) is 11.8 Å². The monoisotopic (exact) mass is 391 g/mol. The number of carbonyl (C=O) groups is 1. The van der Waals surface area contributed by atoms with Gasteiger partial charge in [0.15, 0.2) is 5.82 Å². The molecule has 0 bridgehead atoms. The third kappa shape index (κ3) is 4.17. The van der Waals surface area contributed by atoms with Gasteiger partial charge in [0.2, 0.25) is 5.91 Å². The minimum absolute atomic E-state index is 0.193. The lowest BCUT2D eigenvalue weighted by Gasteiger charge is -2.08. The van der Waals surface area contributed by atoms with Crippen LogP contribution in [0.3, 0.4) is 0 Å². The molecule has 1 amide bonds. The third-order valence-electron chi connectivity index (χ3n) is 4.07. The van der Waals surface area contributed by atoms with Crippen molar-refractivity contribution in [3.05, 3.63) is 71.7 Å². The van der Waals surface area contributed by atoms with Crippen LogP contribution >= 0.6 is 11.8 Å². The summed E-state index contributed by atoms with van der Waals surface area (Å²) in [6.07, 6.45) is 0.634. The summed E-state index contributed by atoms with van der Waals surface area (Å²) in [4.78, 5) is 21.6. The molecule has 2 heterocycles. The Bertz CT molecular complexity index is 1110. The van der Waals surface area contributed by atoms with Crippen molar-refractivity contribution in [2.24, 2.45) is 0 Å². The van der Waals surface area contributed by atoms with Gasteiger partial charge in [0, 0.05) is 11.8 Å². The van der Waals surface area contributed by atoms with Gasteiger partial charge in [0.25, 0.3) is 0 Å². The van der Waals surface area contributed by atoms with Crippen LogP contribution in [0.4, 0.5) is 5.82 Å². The van der Waals surface area contributed by atoms with Gasteiger partial charge in [-0.15, -0.1) is 0 Å². The minimum Gasteiger partial charge on any atom is -0.306 e. The number of amides is 1. The van der Waals surface area contributed by atoms with E-state index >= 15 is 0 Å². The first-order valence-electron chi connectivity index (χ1n) is 8.70. The molecule has 2 aromatic carbocycles. The molecule has 7 nitrogen and oxygen atoms in total. The molecule has 0 aliphatic carbocycles. The maximum atomic E-state index is 12.3. The highest BCUT2D eigenvalue weighted by Gasteiger charge is 2.13. The number of thioether (sulfide) groups is 1. The molecule has 0 saturated heterocycles. The Morgan fingerprint density at radius 3 is 2.61 bits per heavy atom. The van der Waals surface area contributed by atoms with Crippen LogP contribution in [0.1, 0.15) is 17.1 Å². The Morgan fingerprint density at radius 1 is 1.04 bits per heavy atom. The van der Waals surface area contributed by atoms with Crippen molar-refractivity contribution in [2.45, 2.75) is 18.4 Å². The Labute approximate surface area is 165 Å². The van der Waals surface area contributed by atoms with Gasteiger partial charge in [-0.05, 0) is 23.7 Å². The van der Waals surface area contributed by atoms with E-state index < -0.39 is 0 Å². The first kappa shape index (κ1) is 18.1. The average Bonchev–Trinajstić information content (AvgIpc) is 3.11. The summed E-state index contributed by atoms with van der Waals surface area (Å²) in [6, 6.07) is 17.9. The second-order valence-corrected chi connectivity index (χ2v) is 7.12. The molecule has 0 radical (unpaired) electrons. The van der Waals surface area contributed by atoms with Gasteiger partial charge in [-0.2, -0.15) is 0 Å². The van der Waals surface area contributed by atoms with Crippen LogP contribution in [0.25, 0.3) is 10.9 Å². The molecule has 0 fully saturated rings. The fraction of sp³-hybridized carbons (Fsp3) is 0.150. The molecule has 28 heavy (non-hydrogen) atoms. The zero-order chi connectivity index (χ0) is 19.3. The zero-order valence-corrected chi connectivity index (χ0v) is 15.9. The molecule has 1 N–H and O–H groups in total. The number of hydrogen-bond acceptors (Lipinski definition) is 7. The number of aromatic nitrogens is 4.